The van der Waals surface area contributed by atoms with Crippen molar-refractivity contribution in [1.82, 2.24) is 4.90 Å². The summed E-state index contributed by atoms with van der Waals surface area (Å²) in [7, 11) is 0. The highest BCUT2D eigenvalue weighted by Crippen LogP contribution is 2.35. The number of rotatable bonds is 2. The van der Waals surface area contributed by atoms with Crippen LogP contribution in [0.5, 0.6) is 0 Å². The van der Waals surface area contributed by atoms with E-state index in [0.717, 1.165) is 16.9 Å². The lowest BCUT2D eigenvalue weighted by atomic mass is 9.90. The molecule has 1 aliphatic heterocycles. The number of hydrogen-bond donors (Lipinski definition) is 1. The molecule has 104 valence electrons. The molecular formula is C14H19NO3S. The first-order valence-corrected chi connectivity index (χ1v) is 7.26. The Morgan fingerprint density at radius 2 is 2.16 bits per heavy atom. The maximum Gasteiger partial charge on any atom is 0.331 e. The molecule has 0 fully saturated rings. The fourth-order valence-electron chi connectivity index (χ4n) is 2.41. The highest BCUT2D eigenvalue weighted by Gasteiger charge is 2.37. The van der Waals surface area contributed by atoms with Crippen LogP contribution < -0.4 is 0 Å². The van der Waals surface area contributed by atoms with Crippen LogP contribution in [-0.4, -0.2) is 28.4 Å². The van der Waals surface area contributed by atoms with Crippen molar-refractivity contribution in [3.8, 4) is 0 Å². The second-order valence-electron chi connectivity index (χ2n) is 6.11. The molecule has 4 nitrogen and oxygen atoms in total. The van der Waals surface area contributed by atoms with E-state index < -0.39 is 12.0 Å². The number of aliphatic carboxylic acids is 1. The Balaban J connectivity index is 2.27. The summed E-state index contributed by atoms with van der Waals surface area (Å²) in [6.45, 7) is 6.46. The molecule has 0 saturated heterocycles. The van der Waals surface area contributed by atoms with Gasteiger partial charge in [0.2, 0.25) is 5.91 Å². The molecule has 0 saturated carbocycles. The minimum absolute atomic E-state index is 0.0725. The molecule has 2 rings (SSSR count). The quantitative estimate of drug-likeness (QED) is 0.906. The summed E-state index contributed by atoms with van der Waals surface area (Å²) in [5.74, 6) is -1.02. The van der Waals surface area contributed by atoms with Gasteiger partial charge in [0.25, 0.3) is 0 Å². The van der Waals surface area contributed by atoms with Crippen LogP contribution in [0.1, 0.15) is 43.7 Å². The van der Waals surface area contributed by atoms with Gasteiger partial charge in [-0.15, -0.1) is 11.3 Å². The van der Waals surface area contributed by atoms with Crippen molar-refractivity contribution in [3.05, 3.63) is 21.9 Å². The topological polar surface area (TPSA) is 57.6 Å². The van der Waals surface area contributed by atoms with Crippen molar-refractivity contribution in [2.45, 2.75) is 39.7 Å². The summed E-state index contributed by atoms with van der Waals surface area (Å²) >= 11 is 1.57. The first kappa shape index (κ1) is 14.1. The first-order valence-electron chi connectivity index (χ1n) is 6.38. The molecule has 1 aromatic rings. The molecule has 1 N–H and O–H groups in total. The molecule has 1 amide bonds. The molecule has 1 atom stereocenters. The van der Waals surface area contributed by atoms with Crippen LogP contribution >= 0.6 is 11.3 Å². The van der Waals surface area contributed by atoms with Crippen LogP contribution in [0.25, 0.3) is 0 Å². The van der Waals surface area contributed by atoms with E-state index >= 15 is 0 Å². The van der Waals surface area contributed by atoms with Crippen LogP contribution in [0.2, 0.25) is 0 Å². The number of carbonyl (C=O) groups excluding carboxylic acids is 1. The van der Waals surface area contributed by atoms with Gasteiger partial charge in [0.1, 0.15) is 0 Å². The van der Waals surface area contributed by atoms with E-state index in [1.807, 2.05) is 32.2 Å². The predicted octanol–water partition coefficient (Wildman–Crippen LogP) is 2.69. The summed E-state index contributed by atoms with van der Waals surface area (Å²) in [4.78, 5) is 26.4. The number of thiophene rings is 1. The standard InChI is InChI=1S/C14H19NO3S/c1-14(2,3)8-11(16)15-6-4-10-9(5-7-19-10)12(15)13(17)18/h5,7,12H,4,6,8H2,1-3H3,(H,17,18). The second kappa shape index (κ2) is 4.96. The Labute approximate surface area is 117 Å². The smallest absolute Gasteiger partial charge is 0.331 e. The zero-order valence-corrected chi connectivity index (χ0v) is 12.3. The number of nitrogens with zero attached hydrogens (tertiary/aromatic N) is 1. The van der Waals surface area contributed by atoms with Gasteiger partial charge in [-0.05, 0) is 28.8 Å². The third-order valence-corrected chi connectivity index (χ3v) is 4.20. The Hall–Kier alpha value is -1.36. The summed E-state index contributed by atoms with van der Waals surface area (Å²) in [5.41, 5.74) is 0.653. The first-order chi connectivity index (χ1) is 8.79. The van der Waals surface area contributed by atoms with Crippen molar-refractivity contribution in [1.29, 1.82) is 0 Å². The zero-order chi connectivity index (χ0) is 14.2. The molecule has 5 heteroatoms. The monoisotopic (exact) mass is 281 g/mol. The van der Waals surface area contributed by atoms with E-state index in [2.05, 4.69) is 0 Å². The van der Waals surface area contributed by atoms with Gasteiger partial charge in [0.05, 0.1) is 0 Å². The van der Waals surface area contributed by atoms with Crippen LogP contribution in [0.3, 0.4) is 0 Å². The fraction of sp³-hybridized carbons (Fsp3) is 0.571. The minimum atomic E-state index is -0.943. The molecule has 0 spiro atoms. The number of carboxylic acid groups (broad SMARTS) is 1. The number of carboxylic acids is 1. The largest absolute Gasteiger partial charge is 0.479 e. The van der Waals surface area contributed by atoms with E-state index in [1.54, 1.807) is 11.3 Å². The van der Waals surface area contributed by atoms with E-state index in [4.69, 9.17) is 0 Å². The van der Waals surface area contributed by atoms with Crippen molar-refractivity contribution in [2.75, 3.05) is 6.54 Å². The summed E-state index contributed by atoms with van der Waals surface area (Å²) < 4.78 is 0. The molecule has 0 aromatic carbocycles. The minimum Gasteiger partial charge on any atom is -0.479 e. The Bertz CT molecular complexity index is 501. The summed E-state index contributed by atoms with van der Waals surface area (Å²) in [6, 6.07) is 1.01. The maximum absolute atomic E-state index is 12.3. The van der Waals surface area contributed by atoms with Crippen molar-refractivity contribution >= 4 is 23.2 Å². The molecule has 0 radical (unpaired) electrons. The van der Waals surface area contributed by atoms with Gasteiger partial charge >= 0.3 is 5.97 Å². The number of amides is 1. The Morgan fingerprint density at radius 1 is 1.47 bits per heavy atom. The third kappa shape index (κ3) is 2.97. The number of hydrogen-bond acceptors (Lipinski definition) is 3. The Kier molecular flexibility index (Phi) is 3.67. The van der Waals surface area contributed by atoms with E-state index in [-0.39, 0.29) is 11.3 Å². The van der Waals surface area contributed by atoms with Gasteiger partial charge in [-0.25, -0.2) is 4.79 Å². The van der Waals surface area contributed by atoms with Gasteiger partial charge in [-0.3, -0.25) is 4.79 Å². The Morgan fingerprint density at radius 3 is 2.74 bits per heavy atom. The second-order valence-corrected chi connectivity index (χ2v) is 7.12. The lowest BCUT2D eigenvalue weighted by Crippen LogP contribution is -2.44. The van der Waals surface area contributed by atoms with Crippen molar-refractivity contribution < 1.29 is 14.7 Å². The van der Waals surface area contributed by atoms with Crippen LogP contribution in [-0.2, 0) is 16.0 Å². The van der Waals surface area contributed by atoms with E-state index in [1.165, 1.54) is 4.90 Å². The highest BCUT2D eigenvalue weighted by molar-refractivity contribution is 7.10. The predicted molar refractivity (Wildman–Crippen MR) is 74.2 cm³/mol. The molecule has 1 unspecified atom stereocenters. The molecular weight excluding hydrogens is 262 g/mol. The zero-order valence-electron chi connectivity index (χ0n) is 11.5. The molecule has 0 aliphatic carbocycles. The van der Waals surface area contributed by atoms with Crippen LogP contribution in [0.4, 0.5) is 0 Å². The number of carbonyl (C=O) groups is 2. The van der Waals surface area contributed by atoms with Crippen LogP contribution in [0, 0.1) is 5.41 Å². The van der Waals surface area contributed by atoms with Crippen molar-refractivity contribution in [3.63, 3.8) is 0 Å². The molecule has 1 aliphatic rings. The maximum atomic E-state index is 12.3. The van der Waals surface area contributed by atoms with E-state index in [9.17, 15) is 14.7 Å². The molecule has 19 heavy (non-hydrogen) atoms. The van der Waals surface area contributed by atoms with Gasteiger partial charge < -0.3 is 10.0 Å². The molecule has 2 heterocycles. The SMILES string of the molecule is CC(C)(C)CC(=O)N1CCc2sccc2C1C(=O)O. The highest BCUT2D eigenvalue weighted by atomic mass is 32.1. The number of fused-ring (bicyclic) bond motifs is 1. The lowest BCUT2D eigenvalue weighted by Gasteiger charge is -2.34. The van der Waals surface area contributed by atoms with Gasteiger partial charge in [-0.2, -0.15) is 0 Å². The lowest BCUT2D eigenvalue weighted by molar-refractivity contribution is -0.152. The van der Waals surface area contributed by atoms with Gasteiger partial charge in [0.15, 0.2) is 6.04 Å². The fourth-order valence-corrected chi connectivity index (χ4v) is 3.31. The van der Waals surface area contributed by atoms with E-state index in [0.29, 0.717) is 13.0 Å². The average Bonchev–Trinajstić information content (AvgIpc) is 2.72. The van der Waals surface area contributed by atoms with Gasteiger partial charge in [0, 0.05) is 17.8 Å². The molecule has 0 bridgehead atoms. The average molecular weight is 281 g/mol. The molecule has 1 aromatic heterocycles. The summed E-state index contributed by atoms with van der Waals surface area (Å²) in [6.07, 6.45) is 1.13. The van der Waals surface area contributed by atoms with Crippen molar-refractivity contribution in [2.24, 2.45) is 5.41 Å². The summed E-state index contributed by atoms with van der Waals surface area (Å²) in [5, 5.41) is 11.3. The normalized spacial score (nSPS) is 19.1. The van der Waals surface area contributed by atoms with Crippen LogP contribution in [0.15, 0.2) is 11.4 Å². The van der Waals surface area contributed by atoms with Gasteiger partial charge in [-0.1, -0.05) is 20.8 Å². The third-order valence-electron chi connectivity index (χ3n) is 3.20.